The number of hydrogen-bond donors (Lipinski definition) is 2. The molecule has 0 amide bonds. The van der Waals surface area contributed by atoms with Gasteiger partial charge < -0.3 is 0 Å². The third-order valence-electron chi connectivity index (χ3n) is 3.26. The Balaban J connectivity index is 2.14. The number of rotatable bonds is 3. The van der Waals surface area contributed by atoms with Crippen LogP contribution in [0.15, 0.2) is 55.0 Å². The molecule has 0 fully saturated rings. The van der Waals surface area contributed by atoms with Crippen molar-refractivity contribution < 1.29 is 0 Å². The van der Waals surface area contributed by atoms with Gasteiger partial charge in [-0.05, 0) is 17.0 Å². The van der Waals surface area contributed by atoms with Gasteiger partial charge in [0.15, 0.2) is 0 Å². The van der Waals surface area contributed by atoms with Crippen molar-refractivity contribution in [1.82, 2.24) is 15.4 Å². The number of aromatic nitrogens is 2. The lowest BCUT2D eigenvalue weighted by molar-refractivity contribution is 0.637. The summed E-state index contributed by atoms with van der Waals surface area (Å²) in [6.07, 6.45) is 5.38. The maximum Gasteiger partial charge on any atom is 0.129 e. The van der Waals surface area contributed by atoms with E-state index in [9.17, 15) is 0 Å². The molecule has 2 heterocycles. The summed E-state index contributed by atoms with van der Waals surface area (Å²) < 4.78 is 0. The Bertz CT molecular complexity index is 722. The van der Waals surface area contributed by atoms with E-state index in [0.29, 0.717) is 5.15 Å². The second kappa shape index (κ2) is 5.54. The van der Waals surface area contributed by atoms with Crippen LogP contribution < -0.4 is 11.3 Å². The molecular formula is C15H13ClN4. The summed E-state index contributed by atoms with van der Waals surface area (Å²) in [7, 11) is 0. The Labute approximate surface area is 121 Å². The molecule has 2 aromatic heterocycles. The first-order chi connectivity index (χ1) is 9.79. The quantitative estimate of drug-likeness (QED) is 0.441. The Morgan fingerprint density at radius 3 is 2.65 bits per heavy atom. The smallest absolute Gasteiger partial charge is 0.129 e. The summed E-state index contributed by atoms with van der Waals surface area (Å²) in [5.74, 6) is 5.73. The summed E-state index contributed by atoms with van der Waals surface area (Å²) in [4.78, 5) is 8.39. The van der Waals surface area contributed by atoms with Crippen molar-refractivity contribution in [2.75, 3.05) is 0 Å². The van der Waals surface area contributed by atoms with Crippen molar-refractivity contribution in [2.24, 2.45) is 5.84 Å². The number of benzene rings is 1. The summed E-state index contributed by atoms with van der Waals surface area (Å²) >= 11 is 5.83. The van der Waals surface area contributed by atoms with E-state index in [1.165, 1.54) is 0 Å². The van der Waals surface area contributed by atoms with E-state index in [-0.39, 0.29) is 6.04 Å². The minimum atomic E-state index is -0.182. The van der Waals surface area contributed by atoms with Gasteiger partial charge >= 0.3 is 0 Å². The molecule has 1 unspecified atom stereocenters. The molecule has 1 atom stereocenters. The molecular weight excluding hydrogens is 272 g/mol. The highest BCUT2D eigenvalue weighted by Crippen LogP contribution is 2.27. The van der Waals surface area contributed by atoms with Crippen LogP contribution in [0.2, 0.25) is 5.15 Å². The molecule has 3 rings (SSSR count). The molecule has 0 spiro atoms. The number of pyridine rings is 2. The topological polar surface area (TPSA) is 63.8 Å². The average molecular weight is 285 g/mol. The van der Waals surface area contributed by atoms with E-state index in [4.69, 9.17) is 17.4 Å². The largest absolute Gasteiger partial charge is 0.271 e. The van der Waals surface area contributed by atoms with Crippen LogP contribution in [-0.2, 0) is 0 Å². The van der Waals surface area contributed by atoms with Gasteiger partial charge in [-0.15, -0.1) is 0 Å². The molecule has 4 nitrogen and oxygen atoms in total. The number of hydrazine groups is 1. The third kappa shape index (κ3) is 2.36. The van der Waals surface area contributed by atoms with Crippen LogP contribution in [0, 0.1) is 0 Å². The van der Waals surface area contributed by atoms with E-state index in [2.05, 4.69) is 21.5 Å². The van der Waals surface area contributed by atoms with Gasteiger partial charge in [-0.3, -0.25) is 10.8 Å². The second-order valence-electron chi connectivity index (χ2n) is 4.46. The Morgan fingerprint density at radius 2 is 1.90 bits per heavy atom. The number of nitrogens with one attached hydrogen (secondary N) is 1. The predicted molar refractivity (Wildman–Crippen MR) is 80.2 cm³/mol. The monoisotopic (exact) mass is 284 g/mol. The average Bonchev–Trinajstić information content (AvgIpc) is 2.50. The van der Waals surface area contributed by atoms with Gasteiger partial charge in [0.05, 0.1) is 6.04 Å². The number of halogens is 1. The van der Waals surface area contributed by atoms with Crippen molar-refractivity contribution in [2.45, 2.75) is 6.04 Å². The molecule has 3 aromatic rings. The molecule has 0 aliphatic rings. The van der Waals surface area contributed by atoms with Crippen LogP contribution in [0.4, 0.5) is 0 Å². The highest BCUT2D eigenvalue weighted by Gasteiger charge is 2.15. The first kappa shape index (κ1) is 13.0. The third-order valence-corrected chi connectivity index (χ3v) is 3.48. The van der Waals surface area contributed by atoms with Gasteiger partial charge in [-0.2, -0.15) is 0 Å². The van der Waals surface area contributed by atoms with E-state index in [0.717, 1.165) is 21.9 Å². The summed E-state index contributed by atoms with van der Waals surface area (Å²) in [6, 6.07) is 11.5. The van der Waals surface area contributed by atoms with Crippen LogP contribution in [0.3, 0.4) is 0 Å². The Kier molecular flexibility index (Phi) is 3.60. The maximum absolute atomic E-state index is 5.83. The lowest BCUT2D eigenvalue weighted by atomic mass is 9.97. The predicted octanol–water partition coefficient (Wildman–Crippen LogP) is 2.84. The van der Waals surface area contributed by atoms with Crippen molar-refractivity contribution in [3.63, 3.8) is 0 Å². The lowest BCUT2D eigenvalue weighted by Gasteiger charge is -2.18. The van der Waals surface area contributed by atoms with Gasteiger partial charge in [-0.25, -0.2) is 10.4 Å². The van der Waals surface area contributed by atoms with Crippen molar-refractivity contribution in [3.05, 3.63) is 71.3 Å². The SMILES string of the molecule is NNC(c1ccc(Cl)nc1)c1cncc2ccccc12. The van der Waals surface area contributed by atoms with Gasteiger partial charge in [0.25, 0.3) is 0 Å². The zero-order valence-electron chi connectivity index (χ0n) is 10.6. The zero-order chi connectivity index (χ0) is 13.9. The minimum absolute atomic E-state index is 0.182. The summed E-state index contributed by atoms with van der Waals surface area (Å²) in [5, 5.41) is 2.65. The van der Waals surface area contributed by atoms with Gasteiger partial charge in [0.2, 0.25) is 0 Å². The molecule has 5 heteroatoms. The summed E-state index contributed by atoms with van der Waals surface area (Å²) in [6.45, 7) is 0. The number of fused-ring (bicyclic) bond motifs is 1. The van der Waals surface area contributed by atoms with Crippen molar-refractivity contribution in [3.8, 4) is 0 Å². The van der Waals surface area contributed by atoms with Crippen LogP contribution in [0.5, 0.6) is 0 Å². The molecule has 20 heavy (non-hydrogen) atoms. The van der Waals surface area contributed by atoms with E-state index < -0.39 is 0 Å². The van der Waals surface area contributed by atoms with Crippen LogP contribution in [0.1, 0.15) is 17.2 Å². The molecule has 1 aromatic carbocycles. The van der Waals surface area contributed by atoms with Crippen LogP contribution in [0.25, 0.3) is 10.8 Å². The highest BCUT2D eigenvalue weighted by molar-refractivity contribution is 6.29. The van der Waals surface area contributed by atoms with Gasteiger partial charge in [0, 0.05) is 29.5 Å². The Morgan fingerprint density at radius 1 is 1.05 bits per heavy atom. The second-order valence-corrected chi connectivity index (χ2v) is 4.85. The molecule has 100 valence electrons. The molecule has 3 N–H and O–H groups in total. The molecule has 0 aliphatic carbocycles. The fourth-order valence-corrected chi connectivity index (χ4v) is 2.41. The van der Waals surface area contributed by atoms with Crippen molar-refractivity contribution >= 4 is 22.4 Å². The standard InChI is InChI=1S/C15H13ClN4/c16-14-6-5-11(8-19-14)15(20-17)13-9-18-7-10-3-1-2-4-12(10)13/h1-9,15,20H,17H2. The van der Waals surface area contributed by atoms with Gasteiger partial charge in [-0.1, -0.05) is 41.9 Å². The molecule has 0 saturated heterocycles. The van der Waals surface area contributed by atoms with E-state index in [1.54, 1.807) is 12.3 Å². The molecule has 0 aliphatic heterocycles. The fourth-order valence-electron chi connectivity index (χ4n) is 2.29. The molecule has 0 bridgehead atoms. The fraction of sp³-hybridized carbons (Fsp3) is 0.0667. The highest BCUT2D eigenvalue weighted by atomic mass is 35.5. The zero-order valence-corrected chi connectivity index (χ0v) is 11.4. The number of nitrogens with two attached hydrogens (primary N) is 1. The van der Waals surface area contributed by atoms with Crippen LogP contribution in [-0.4, -0.2) is 9.97 Å². The number of hydrogen-bond acceptors (Lipinski definition) is 4. The van der Waals surface area contributed by atoms with E-state index in [1.807, 2.05) is 36.7 Å². The minimum Gasteiger partial charge on any atom is -0.271 e. The normalized spacial score (nSPS) is 12.5. The van der Waals surface area contributed by atoms with Crippen LogP contribution >= 0.6 is 11.6 Å². The molecule has 0 saturated carbocycles. The van der Waals surface area contributed by atoms with E-state index >= 15 is 0 Å². The lowest BCUT2D eigenvalue weighted by Crippen LogP contribution is -2.29. The molecule has 0 radical (unpaired) electrons. The first-order valence-corrected chi connectivity index (χ1v) is 6.57. The number of nitrogens with zero attached hydrogens (tertiary/aromatic N) is 2. The maximum atomic E-state index is 5.83. The van der Waals surface area contributed by atoms with Gasteiger partial charge in [0.1, 0.15) is 5.15 Å². The Hall–Kier alpha value is -2.01. The van der Waals surface area contributed by atoms with Crippen molar-refractivity contribution in [1.29, 1.82) is 0 Å². The first-order valence-electron chi connectivity index (χ1n) is 6.20. The summed E-state index contributed by atoms with van der Waals surface area (Å²) in [5.41, 5.74) is 4.77.